The minimum Gasteiger partial charge on any atom is -0.333 e. The number of benzene rings is 2. The lowest BCUT2D eigenvalue weighted by Crippen LogP contribution is -2.51. The maximum absolute atomic E-state index is 13.2. The van der Waals surface area contributed by atoms with Crippen molar-refractivity contribution >= 4 is 17.8 Å². The molecule has 0 atom stereocenters. The van der Waals surface area contributed by atoms with Crippen molar-refractivity contribution < 1.29 is 9.59 Å². The first-order valence-electron chi connectivity index (χ1n) is 12.0. The molecule has 0 bridgehead atoms. The van der Waals surface area contributed by atoms with Crippen LogP contribution in [0.5, 0.6) is 0 Å². The van der Waals surface area contributed by atoms with Crippen molar-refractivity contribution in [1.82, 2.24) is 20.0 Å². The number of hydrogen-bond donors (Lipinski definition) is 2. The van der Waals surface area contributed by atoms with Crippen LogP contribution in [0.15, 0.2) is 54.6 Å². The molecule has 3 amide bonds. The summed E-state index contributed by atoms with van der Waals surface area (Å²) in [5, 5.41) is 10.8. The van der Waals surface area contributed by atoms with E-state index in [1.54, 1.807) is 9.58 Å². The van der Waals surface area contributed by atoms with E-state index in [-0.39, 0.29) is 24.4 Å². The third-order valence-corrected chi connectivity index (χ3v) is 5.32. The molecule has 7 heteroatoms. The van der Waals surface area contributed by atoms with E-state index in [0.29, 0.717) is 12.4 Å². The monoisotopic (exact) mass is 475 g/mol. The average molecular weight is 476 g/mol. The second kappa shape index (κ2) is 10.8. The molecule has 2 N–H and O–H groups in total. The molecule has 0 fully saturated rings. The predicted octanol–water partition coefficient (Wildman–Crippen LogP) is 5.56. The van der Waals surface area contributed by atoms with Crippen LogP contribution in [0.3, 0.4) is 0 Å². The Balaban J connectivity index is 1.91. The number of rotatable bonds is 7. The van der Waals surface area contributed by atoms with E-state index in [4.69, 9.17) is 5.10 Å². The van der Waals surface area contributed by atoms with Crippen molar-refractivity contribution in [2.45, 2.75) is 54.0 Å². The van der Waals surface area contributed by atoms with Gasteiger partial charge in [-0.25, -0.2) is 9.48 Å². The Bertz CT molecular complexity index is 1180. The number of carbonyl (C=O) groups excluding carboxylic acids is 2. The summed E-state index contributed by atoms with van der Waals surface area (Å²) in [6.45, 7) is 14.3. The molecule has 2 aromatic carbocycles. The fourth-order valence-electron chi connectivity index (χ4n) is 3.86. The Morgan fingerprint density at radius 1 is 1.03 bits per heavy atom. The van der Waals surface area contributed by atoms with Crippen LogP contribution in [0, 0.1) is 19.8 Å². The van der Waals surface area contributed by atoms with E-state index in [1.165, 1.54) is 0 Å². The Morgan fingerprint density at radius 2 is 1.71 bits per heavy atom. The first-order chi connectivity index (χ1) is 16.4. The number of nitrogens with one attached hydrogen (secondary N) is 2. The molecule has 0 aliphatic rings. The fourth-order valence-corrected chi connectivity index (χ4v) is 3.86. The van der Waals surface area contributed by atoms with E-state index >= 15 is 0 Å². The Morgan fingerprint density at radius 3 is 2.31 bits per heavy atom. The smallest absolute Gasteiger partial charge is 0.318 e. The van der Waals surface area contributed by atoms with Crippen LogP contribution in [-0.2, 0) is 4.79 Å². The zero-order chi connectivity index (χ0) is 25.8. The molecule has 0 aliphatic carbocycles. The maximum atomic E-state index is 13.2. The van der Waals surface area contributed by atoms with Gasteiger partial charge in [-0.3, -0.25) is 4.79 Å². The van der Waals surface area contributed by atoms with E-state index < -0.39 is 5.54 Å². The molecule has 0 unspecified atom stereocenters. The lowest BCUT2D eigenvalue weighted by Gasteiger charge is -2.29. The topological polar surface area (TPSA) is 79.3 Å². The summed E-state index contributed by atoms with van der Waals surface area (Å²) in [7, 11) is 0. The third kappa shape index (κ3) is 7.18. The first-order valence-corrected chi connectivity index (χ1v) is 12.0. The van der Waals surface area contributed by atoms with Crippen LogP contribution in [0.4, 0.5) is 10.6 Å². The second-order valence-electron chi connectivity index (χ2n) is 10.5. The van der Waals surface area contributed by atoms with Crippen LogP contribution in [0.1, 0.15) is 45.7 Å². The summed E-state index contributed by atoms with van der Waals surface area (Å²) >= 11 is 0. The summed E-state index contributed by atoms with van der Waals surface area (Å²) in [6.07, 6.45) is 0. The molecular weight excluding hydrogens is 438 g/mol. The maximum Gasteiger partial charge on any atom is 0.318 e. The predicted molar refractivity (Wildman–Crippen MR) is 142 cm³/mol. The van der Waals surface area contributed by atoms with Crippen molar-refractivity contribution in [3.63, 3.8) is 0 Å². The zero-order valence-electron chi connectivity index (χ0n) is 21.8. The molecule has 186 valence electrons. The van der Waals surface area contributed by atoms with Crippen molar-refractivity contribution in [2.24, 2.45) is 5.92 Å². The summed E-state index contributed by atoms with van der Waals surface area (Å²) in [5.74, 6) is 0.501. The normalized spacial score (nSPS) is 11.4. The highest BCUT2D eigenvalue weighted by Crippen LogP contribution is 2.26. The van der Waals surface area contributed by atoms with Gasteiger partial charge >= 0.3 is 6.03 Å². The Kier molecular flexibility index (Phi) is 7.99. The van der Waals surface area contributed by atoms with Crippen LogP contribution >= 0.6 is 0 Å². The van der Waals surface area contributed by atoms with E-state index in [9.17, 15) is 9.59 Å². The standard InChI is InChI=1S/C28H37N5O2/c1-19(2)17-32(27(35)30-28(5,6)7)18-26(34)29-25-16-23(22-11-9-8-10-12-22)31-33(25)24-14-13-20(3)15-21(24)4/h8-16,19H,17-18H2,1-7H3,(H,29,34)(H,30,35). The Labute approximate surface area is 208 Å². The van der Waals surface area contributed by atoms with E-state index in [1.807, 2.05) is 97.0 Å². The largest absolute Gasteiger partial charge is 0.333 e. The summed E-state index contributed by atoms with van der Waals surface area (Å²) in [5.41, 5.74) is 4.41. The van der Waals surface area contributed by atoms with Crippen LogP contribution in [0.25, 0.3) is 16.9 Å². The molecule has 3 aromatic rings. The zero-order valence-corrected chi connectivity index (χ0v) is 21.8. The highest BCUT2D eigenvalue weighted by atomic mass is 16.2. The third-order valence-electron chi connectivity index (χ3n) is 5.32. The lowest BCUT2D eigenvalue weighted by molar-refractivity contribution is -0.116. The number of nitrogens with zero attached hydrogens (tertiary/aromatic N) is 3. The summed E-state index contributed by atoms with van der Waals surface area (Å²) in [4.78, 5) is 27.6. The molecule has 0 radical (unpaired) electrons. The van der Waals surface area contributed by atoms with Gasteiger partial charge in [0.2, 0.25) is 5.91 Å². The van der Waals surface area contributed by atoms with E-state index in [0.717, 1.165) is 28.1 Å². The van der Waals surface area contributed by atoms with Gasteiger partial charge in [-0.1, -0.05) is 61.9 Å². The van der Waals surface area contributed by atoms with Crippen LogP contribution in [0.2, 0.25) is 0 Å². The second-order valence-corrected chi connectivity index (χ2v) is 10.5. The molecule has 35 heavy (non-hydrogen) atoms. The molecular formula is C28H37N5O2. The quantitative estimate of drug-likeness (QED) is 0.469. The van der Waals surface area contributed by atoms with Crippen molar-refractivity contribution in [1.29, 1.82) is 0 Å². The van der Waals surface area contributed by atoms with Crippen LogP contribution in [-0.4, -0.2) is 45.2 Å². The van der Waals surface area contributed by atoms with Gasteiger partial charge in [-0.05, 0) is 52.2 Å². The summed E-state index contributed by atoms with van der Waals surface area (Å²) < 4.78 is 1.76. The fraction of sp³-hybridized carbons (Fsp3) is 0.393. The first kappa shape index (κ1) is 26.0. The van der Waals surface area contributed by atoms with Gasteiger partial charge in [0.15, 0.2) is 0 Å². The van der Waals surface area contributed by atoms with Gasteiger partial charge in [0.05, 0.1) is 11.4 Å². The van der Waals surface area contributed by atoms with Crippen molar-refractivity contribution in [3.05, 3.63) is 65.7 Å². The lowest BCUT2D eigenvalue weighted by atomic mass is 10.1. The summed E-state index contributed by atoms with van der Waals surface area (Å²) in [6, 6.07) is 17.6. The molecule has 3 rings (SSSR count). The number of aromatic nitrogens is 2. The van der Waals surface area contributed by atoms with Crippen molar-refractivity contribution in [3.8, 4) is 16.9 Å². The van der Waals surface area contributed by atoms with Crippen LogP contribution < -0.4 is 10.6 Å². The van der Waals surface area contributed by atoms with Gasteiger partial charge in [0.1, 0.15) is 12.4 Å². The average Bonchev–Trinajstić information content (AvgIpc) is 3.15. The molecule has 1 heterocycles. The van der Waals surface area contributed by atoms with Crippen molar-refractivity contribution in [2.75, 3.05) is 18.4 Å². The van der Waals surface area contributed by atoms with Gasteiger partial charge in [0.25, 0.3) is 0 Å². The SMILES string of the molecule is Cc1ccc(-n2nc(-c3ccccc3)cc2NC(=O)CN(CC(C)C)C(=O)NC(C)(C)C)c(C)c1. The highest BCUT2D eigenvalue weighted by Gasteiger charge is 2.23. The highest BCUT2D eigenvalue weighted by molar-refractivity contribution is 5.94. The molecule has 0 spiro atoms. The van der Waals surface area contributed by atoms with Gasteiger partial charge < -0.3 is 15.5 Å². The number of amides is 3. The van der Waals surface area contributed by atoms with Gasteiger partial charge in [-0.2, -0.15) is 5.10 Å². The Hall–Kier alpha value is -3.61. The van der Waals surface area contributed by atoms with E-state index in [2.05, 4.69) is 16.7 Å². The number of aryl methyl sites for hydroxylation is 2. The molecule has 0 aliphatic heterocycles. The molecule has 1 aromatic heterocycles. The van der Waals surface area contributed by atoms with Gasteiger partial charge in [-0.15, -0.1) is 0 Å². The number of carbonyl (C=O) groups is 2. The number of anilines is 1. The number of urea groups is 1. The van der Waals surface area contributed by atoms with Gasteiger partial charge in [0, 0.05) is 23.7 Å². The molecule has 7 nitrogen and oxygen atoms in total. The minimum atomic E-state index is -0.394. The molecule has 0 saturated heterocycles. The minimum absolute atomic E-state index is 0.0567. The number of hydrogen-bond acceptors (Lipinski definition) is 3. The molecule has 0 saturated carbocycles.